The number of halogens is 1. The molecule has 2 aromatic rings. The predicted octanol–water partition coefficient (Wildman–Crippen LogP) is 2.67. The van der Waals surface area contributed by atoms with Gasteiger partial charge in [-0.2, -0.15) is 0 Å². The smallest absolute Gasteiger partial charge is 0.308 e. The van der Waals surface area contributed by atoms with Gasteiger partial charge in [-0.15, -0.1) is 0 Å². The first kappa shape index (κ1) is 20.5. The number of benzene rings is 2. The van der Waals surface area contributed by atoms with Crippen molar-refractivity contribution in [2.75, 3.05) is 26.2 Å². The molecular weight excluding hydrogens is 375 g/mol. The maximum absolute atomic E-state index is 13.0. The van der Waals surface area contributed by atoms with Gasteiger partial charge < -0.3 is 14.5 Å². The van der Waals surface area contributed by atoms with Gasteiger partial charge in [-0.3, -0.25) is 14.4 Å². The zero-order valence-electron chi connectivity index (χ0n) is 16.3. The number of carbonyl (C=O) groups is 3. The zero-order chi connectivity index (χ0) is 20.8. The van der Waals surface area contributed by atoms with Crippen molar-refractivity contribution in [1.29, 1.82) is 0 Å². The average Bonchev–Trinajstić information content (AvgIpc) is 2.95. The molecule has 1 fully saturated rings. The van der Waals surface area contributed by atoms with Crippen LogP contribution in [0.2, 0.25) is 0 Å². The second-order valence-corrected chi connectivity index (χ2v) is 6.95. The Kier molecular flexibility index (Phi) is 6.59. The minimum atomic E-state index is -0.445. The van der Waals surface area contributed by atoms with Crippen LogP contribution in [0.4, 0.5) is 4.39 Å². The Morgan fingerprint density at radius 3 is 2.38 bits per heavy atom. The highest BCUT2D eigenvalue weighted by Crippen LogP contribution is 2.17. The topological polar surface area (TPSA) is 66.9 Å². The molecule has 0 aliphatic carbocycles. The molecule has 6 nitrogen and oxygen atoms in total. The summed E-state index contributed by atoms with van der Waals surface area (Å²) in [5, 5.41) is 0. The molecule has 0 atom stereocenters. The van der Waals surface area contributed by atoms with Crippen LogP contribution in [0.5, 0.6) is 5.75 Å². The van der Waals surface area contributed by atoms with Gasteiger partial charge in [0.05, 0.1) is 6.42 Å². The van der Waals surface area contributed by atoms with Crippen molar-refractivity contribution in [3.05, 3.63) is 65.5 Å². The molecule has 1 aliphatic rings. The number of nitrogens with zero attached hydrogens (tertiary/aromatic N) is 2. The SMILES string of the molecule is CC(=O)Oc1cccc(C(=O)N2CCCN(C(=O)Cc3ccc(F)cc3)CC2)c1. The lowest BCUT2D eigenvalue weighted by Crippen LogP contribution is -2.38. The van der Waals surface area contributed by atoms with E-state index in [4.69, 9.17) is 4.74 Å². The molecule has 7 heteroatoms. The van der Waals surface area contributed by atoms with Crippen molar-refractivity contribution in [2.45, 2.75) is 19.8 Å². The largest absolute Gasteiger partial charge is 0.427 e. The highest BCUT2D eigenvalue weighted by atomic mass is 19.1. The fourth-order valence-electron chi connectivity index (χ4n) is 3.30. The van der Waals surface area contributed by atoms with Crippen LogP contribution in [0.15, 0.2) is 48.5 Å². The van der Waals surface area contributed by atoms with Gasteiger partial charge >= 0.3 is 5.97 Å². The normalized spacial score (nSPS) is 14.3. The van der Waals surface area contributed by atoms with E-state index >= 15 is 0 Å². The van der Waals surface area contributed by atoms with Crippen molar-refractivity contribution in [1.82, 2.24) is 9.80 Å². The Hall–Kier alpha value is -3.22. The molecule has 0 bridgehead atoms. The van der Waals surface area contributed by atoms with Crippen molar-refractivity contribution in [2.24, 2.45) is 0 Å². The van der Waals surface area contributed by atoms with Crippen LogP contribution in [0.1, 0.15) is 29.3 Å². The second kappa shape index (κ2) is 9.32. The van der Waals surface area contributed by atoms with E-state index in [0.29, 0.717) is 43.9 Å². The van der Waals surface area contributed by atoms with E-state index in [1.165, 1.54) is 19.1 Å². The minimum absolute atomic E-state index is 0.0391. The van der Waals surface area contributed by atoms with Gasteiger partial charge in [-0.1, -0.05) is 18.2 Å². The van der Waals surface area contributed by atoms with E-state index in [1.54, 1.807) is 46.2 Å². The Morgan fingerprint density at radius 2 is 1.66 bits per heavy atom. The summed E-state index contributed by atoms with van der Waals surface area (Å²) in [5.74, 6) is -0.647. The highest BCUT2D eigenvalue weighted by molar-refractivity contribution is 5.94. The highest BCUT2D eigenvalue weighted by Gasteiger charge is 2.23. The summed E-state index contributed by atoms with van der Waals surface area (Å²) in [6.45, 7) is 3.27. The first-order valence-corrected chi connectivity index (χ1v) is 9.52. The van der Waals surface area contributed by atoms with Gasteiger partial charge in [0.2, 0.25) is 5.91 Å². The molecule has 0 radical (unpaired) electrons. The minimum Gasteiger partial charge on any atom is -0.427 e. The number of hydrogen-bond acceptors (Lipinski definition) is 4. The predicted molar refractivity (Wildman–Crippen MR) is 105 cm³/mol. The second-order valence-electron chi connectivity index (χ2n) is 6.95. The molecule has 3 rings (SSSR count). The molecule has 0 aromatic heterocycles. The molecule has 0 unspecified atom stereocenters. The molecule has 0 saturated carbocycles. The Bertz CT molecular complexity index is 898. The van der Waals surface area contributed by atoms with Gasteiger partial charge in [0.15, 0.2) is 0 Å². The lowest BCUT2D eigenvalue weighted by Gasteiger charge is -2.22. The third-order valence-corrected chi connectivity index (χ3v) is 4.75. The monoisotopic (exact) mass is 398 g/mol. The quantitative estimate of drug-likeness (QED) is 0.587. The van der Waals surface area contributed by atoms with Gasteiger partial charge in [0.25, 0.3) is 5.91 Å². The Balaban J connectivity index is 1.60. The summed E-state index contributed by atoms with van der Waals surface area (Å²) in [4.78, 5) is 40.0. The van der Waals surface area contributed by atoms with Crippen molar-refractivity contribution in [3.63, 3.8) is 0 Å². The van der Waals surface area contributed by atoms with E-state index in [-0.39, 0.29) is 24.1 Å². The zero-order valence-corrected chi connectivity index (χ0v) is 16.3. The van der Waals surface area contributed by atoms with Gasteiger partial charge in [0, 0.05) is 38.7 Å². The third-order valence-electron chi connectivity index (χ3n) is 4.75. The molecular formula is C22H23FN2O4. The summed E-state index contributed by atoms with van der Waals surface area (Å²) >= 11 is 0. The van der Waals surface area contributed by atoms with Gasteiger partial charge in [0.1, 0.15) is 11.6 Å². The summed E-state index contributed by atoms with van der Waals surface area (Å²) < 4.78 is 18.1. The fraction of sp³-hybridized carbons (Fsp3) is 0.318. The fourth-order valence-corrected chi connectivity index (χ4v) is 3.30. The van der Waals surface area contributed by atoms with E-state index < -0.39 is 5.97 Å². The molecule has 1 aliphatic heterocycles. The van der Waals surface area contributed by atoms with Gasteiger partial charge in [-0.25, -0.2) is 4.39 Å². The van der Waals surface area contributed by atoms with Crippen LogP contribution in [0.25, 0.3) is 0 Å². The van der Waals surface area contributed by atoms with Gasteiger partial charge in [-0.05, 0) is 42.3 Å². The van der Waals surface area contributed by atoms with E-state index in [1.807, 2.05) is 0 Å². The first-order chi connectivity index (χ1) is 13.9. The van der Waals surface area contributed by atoms with Crippen LogP contribution in [0.3, 0.4) is 0 Å². The molecule has 29 heavy (non-hydrogen) atoms. The molecule has 1 saturated heterocycles. The lowest BCUT2D eigenvalue weighted by atomic mass is 10.1. The number of rotatable bonds is 4. The van der Waals surface area contributed by atoms with E-state index in [9.17, 15) is 18.8 Å². The maximum Gasteiger partial charge on any atom is 0.308 e. The first-order valence-electron chi connectivity index (χ1n) is 9.52. The molecule has 1 heterocycles. The molecule has 0 spiro atoms. The number of carbonyl (C=O) groups excluding carboxylic acids is 3. The summed E-state index contributed by atoms with van der Waals surface area (Å²) in [6, 6.07) is 12.4. The van der Waals surface area contributed by atoms with Crippen LogP contribution < -0.4 is 4.74 Å². The Morgan fingerprint density at radius 1 is 0.966 bits per heavy atom. The summed E-state index contributed by atoms with van der Waals surface area (Å²) in [7, 11) is 0. The van der Waals surface area contributed by atoms with E-state index in [2.05, 4.69) is 0 Å². The summed E-state index contributed by atoms with van der Waals surface area (Å²) in [5.41, 5.74) is 1.20. The molecule has 2 aromatic carbocycles. The Labute approximate surface area is 168 Å². The van der Waals surface area contributed by atoms with Crippen LogP contribution in [0, 0.1) is 5.82 Å². The number of hydrogen-bond donors (Lipinski definition) is 0. The maximum atomic E-state index is 13.0. The molecule has 2 amide bonds. The van der Waals surface area contributed by atoms with Crippen molar-refractivity contribution >= 4 is 17.8 Å². The average molecular weight is 398 g/mol. The van der Waals surface area contributed by atoms with Crippen LogP contribution >= 0.6 is 0 Å². The number of esters is 1. The van der Waals surface area contributed by atoms with Crippen molar-refractivity contribution in [3.8, 4) is 5.75 Å². The number of ether oxygens (including phenoxy) is 1. The third kappa shape index (κ3) is 5.63. The number of amides is 2. The summed E-state index contributed by atoms with van der Waals surface area (Å²) in [6.07, 6.45) is 0.878. The standard InChI is InChI=1S/C22H23FN2O4/c1-16(26)29-20-5-2-4-18(15-20)22(28)25-11-3-10-24(12-13-25)21(27)14-17-6-8-19(23)9-7-17/h2,4-9,15H,3,10-14H2,1H3. The van der Waals surface area contributed by atoms with Crippen LogP contribution in [-0.4, -0.2) is 53.8 Å². The van der Waals surface area contributed by atoms with E-state index in [0.717, 1.165) is 5.56 Å². The lowest BCUT2D eigenvalue weighted by molar-refractivity contribution is -0.132. The molecule has 0 N–H and O–H groups in total. The van der Waals surface area contributed by atoms with Crippen molar-refractivity contribution < 1.29 is 23.5 Å². The molecule has 152 valence electrons. The van der Waals surface area contributed by atoms with Crippen LogP contribution in [-0.2, 0) is 16.0 Å².